The summed E-state index contributed by atoms with van der Waals surface area (Å²) in [4.78, 5) is 24.6. The molecule has 0 radical (unpaired) electrons. The molecule has 0 spiro atoms. The quantitative estimate of drug-likeness (QED) is 0.354. The minimum Gasteiger partial charge on any atom is -0.394 e. The molecule has 188 valence electrons. The predicted molar refractivity (Wildman–Crippen MR) is 136 cm³/mol. The molecule has 1 heterocycles. The second-order valence-corrected chi connectivity index (χ2v) is 9.74. The van der Waals surface area contributed by atoms with E-state index in [1.807, 2.05) is 25.2 Å². The number of nitrogens with one attached hydrogen (secondary N) is 2. The van der Waals surface area contributed by atoms with E-state index < -0.39 is 24.5 Å². The molecule has 7 heteroatoms. The average Bonchev–Trinajstić information content (AvgIpc) is 2.77. The van der Waals surface area contributed by atoms with Crippen LogP contribution in [0.4, 0.5) is 0 Å². The van der Waals surface area contributed by atoms with Gasteiger partial charge in [-0.2, -0.15) is 0 Å². The zero-order valence-corrected chi connectivity index (χ0v) is 21.3. The Hall–Kier alpha value is -2.48. The van der Waals surface area contributed by atoms with Crippen molar-refractivity contribution in [3.8, 4) is 0 Å². The van der Waals surface area contributed by atoms with Crippen LogP contribution in [0.1, 0.15) is 53.9 Å². The van der Waals surface area contributed by atoms with Gasteiger partial charge in [0.1, 0.15) is 6.04 Å². The van der Waals surface area contributed by atoms with Crippen LogP contribution in [-0.4, -0.2) is 60.9 Å². The lowest BCUT2D eigenvalue weighted by atomic mass is 9.72. The molecule has 1 atom stereocenters. The lowest BCUT2D eigenvalue weighted by molar-refractivity contribution is -0.133. The fourth-order valence-corrected chi connectivity index (χ4v) is 4.20. The molecule has 0 aromatic heterocycles. The van der Waals surface area contributed by atoms with Crippen LogP contribution in [0, 0.1) is 5.41 Å². The van der Waals surface area contributed by atoms with E-state index in [1.54, 1.807) is 5.01 Å². The minimum atomic E-state index is -1.02. The fraction of sp³-hybridized carbons (Fsp3) is 0.556. The van der Waals surface area contributed by atoms with Gasteiger partial charge in [-0.25, -0.2) is 5.01 Å². The first-order valence-corrected chi connectivity index (χ1v) is 12.1. The fourth-order valence-electron chi connectivity index (χ4n) is 4.20. The molecule has 0 saturated carbocycles. The number of allylic oxidation sites excluding steroid dienone is 9. The molecule has 0 aromatic carbocycles. The molecule has 3 N–H and O–H groups in total. The Balaban J connectivity index is 1.89. The molecule has 0 unspecified atom stereocenters. The number of hydrazine groups is 1. The van der Waals surface area contributed by atoms with Gasteiger partial charge in [0.25, 0.3) is 5.91 Å². The first-order valence-electron chi connectivity index (χ1n) is 12.1. The highest BCUT2D eigenvalue weighted by Gasteiger charge is 2.26. The number of hydrogen-bond acceptors (Lipinski definition) is 5. The molecule has 2 rings (SSSR count). The average molecular weight is 472 g/mol. The maximum absolute atomic E-state index is 12.3. The molecule has 1 saturated heterocycles. The topological polar surface area (TPSA) is 90.9 Å². The van der Waals surface area contributed by atoms with Crippen molar-refractivity contribution in [2.24, 2.45) is 5.41 Å². The van der Waals surface area contributed by atoms with Crippen molar-refractivity contribution in [3.05, 3.63) is 58.7 Å². The van der Waals surface area contributed by atoms with E-state index in [0.29, 0.717) is 26.3 Å². The first-order chi connectivity index (χ1) is 16.1. The van der Waals surface area contributed by atoms with E-state index in [-0.39, 0.29) is 5.41 Å². The van der Waals surface area contributed by atoms with Crippen LogP contribution in [-0.2, 0) is 14.3 Å². The first kappa shape index (κ1) is 27.8. The third-order valence-electron chi connectivity index (χ3n) is 6.23. The zero-order valence-electron chi connectivity index (χ0n) is 21.3. The Bertz CT molecular complexity index is 874. The summed E-state index contributed by atoms with van der Waals surface area (Å²) in [7, 11) is 0. The number of carbonyl (C=O) groups excluding carboxylic acids is 2. The van der Waals surface area contributed by atoms with Gasteiger partial charge in [0.15, 0.2) is 0 Å². The van der Waals surface area contributed by atoms with E-state index >= 15 is 0 Å². The van der Waals surface area contributed by atoms with Crippen molar-refractivity contribution in [1.82, 2.24) is 15.8 Å². The van der Waals surface area contributed by atoms with Crippen LogP contribution in [0.3, 0.4) is 0 Å². The summed E-state index contributed by atoms with van der Waals surface area (Å²) in [5, 5.41) is 13.8. The molecule has 1 aliphatic heterocycles. The lowest BCUT2D eigenvalue weighted by Gasteiger charge is -2.32. The monoisotopic (exact) mass is 471 g/mol. The molecular formula is C27H41N3O4. The van der Waals surface area contributed by atoms with Crippen LogP contribution in [0.5, 0.6) is 0 Å². The van der Waals surface area contributed by atoms with E-state index in [9.17, 15) is 14.7 Å². The third kappa shape index (κ3) is 9.05. The summed E-state index contributed by atoms with van der Waals surface area (Å²) in [6.45, 7) is 12.4. The molecule has 7 nitrogen and oxygen atoms in total. The normalized spacial score (nSPS) is 21.2. The Kier molecular flexibility index (Phi) is 11.0. The van der Waals surface area contributed by atoms with Crippen molar-refractivity contribution in [2.75, 3.05) is 32.9 Å². The van der Waals surface area contributed by atoms with Crippen molar-refractivity contribution in [1.29, 1.82) is 0 Å². The second-order valence-electron chi connectivity index (χ2n) is 9.74. The highest BCUT2D eigenvalue weighted by atomic mass is 16.5. The van der Waals surface area contributed by atoms with Gasteiger partial charge in [0.05, 0.1) is 19.8 Å². The number of carbonyl (C=O) groups is 2. The highest BCUT2D eigenvalue weighted by Crippen LogP contribution is 2.40. The summed E-state index contributed by atoms with van der Waals surface area (Å²) < 4.78 is 5.24. The number of morpholine rings is 1. The Labute approximate surface area is 204 Å². The molecule has 1 aliphatic carbocycles. The van der Waals surface area contributed by atoms with E-state index in [4.69, 9.17) is 4.74 Å². The van der Waals surface area contributed by atoms with Crippen LogP contribution in [0.25, 0.3) is 0 Å². The minimum absolute atomic E-state index is 0.215. The predicted octanol–water partition coefficient (Wildman–Crippen LogP) is 3.36. The number of hydrogen-bond donors (Lipinski definition) is 3. The molecule has 2 amide bonds. The summed E-state index contributed by atoms with van der Waals surface area (Å²) in [6, 6.07) is -1.02. The number of aliphatic hydroxyl groups is 1. The van der Waals surface area contributed by atoms with Gasteiger partial charge < -0.3 is 15.2 Å². The van der Waals surface area contributed by atoms with Crippen molar-refractivity contribution < 1.29 is 19.4 Å². The Morgan fingerprint density at radius 3 is 2.53 bits per heavy atom. The van der Waals surface area contributed by atoms with Gasteiger partial charge in [0.2, 0.25) is 5.91 Å². The van der Waals surface area contributed by atoms with E-state index in [0.717, 1.165) is 11.1 Å². The number of ether oxygens (including phenoxy) is 1. The summed E-state index contributed by atoms with van der Waals surface area (Å²) in [5.74, 6) is -0.878. The number of rotatable bonds is 9. The number of nitrogens with zero attached hydrogens (tertiary/aromatic N) is 1. The van der Waals surface area contributed by atoms with Gasteiger partial charge in [-0.1, -0.05) is 55.4 Å². The van der Waals surface area contributed by atoms with Gasteiger partial charge in [-0.3, -0.25) is 15.0 Å². The Morgan fingerprint density at radius 1 is 1.18 bits per heavy atom. The number of amides is 2. The standard InChI is InChI=1S/C27H41N3O4/c1-20(11-12-23-22(3)10-7-13-27(23,4)5)8-6-9-21(2)18-25(32)28-24(19-31)26(33)29-30-14-16-34-17-15-30/h6,8-9,11-12,18,24,31H,7,10,13-17,19H2,1-5H3,(H,28,32)(H,29,33)/t24-/m0/s1. The zero-order chi connectivity index (χ0) is 25.1. The molecule has 0 bridgehead atoms. The third-order valence-corrected chi connectivity index (χ3v) is 6.23. The second kappa shape index (κ2) is 13.4. The lowest BCUT2D eigenvalue weighted by Crippen LogP contribution is -2.56. The van der Waals surface area contributed by atoms with Crippen LogP contribution in [0.15, 0.2) is 58.7 Å². The number of aliphatic hydroxyl groups excluding tert-OH is 1. The van der Waals surface area contributed by atoms with Gasteiger partial charge in [-0.05, 0) is 56.6 Å². The van der Waals surface area contributed by atoms with Crippen molar-refractivity contribution in [2.45, 2.75) is 59.9 Å². The van der Waals surface area contributed by atoms with Gasteiger partial charge in [-0.15, -0.1) is 0 Å². The molecular weight excluding hydrogens is 430 g/mol. The molecule has 34 heavy (non-hydrogen) atoms. The van der Waals surface area contributed by atoms with E-state index in [1.165, 1.54) is 36.5 Å². The Morgan fingerprint density at radius 2 is 1.88 bits per heavy atom. The van der Waals surface area contributed by atoms with Crippen LogP contribution in [0.2, 0.25) is 0 Å². The molecule has 1 fully saturated rings. The van der Waals surface area contributed by atoms with Crippen molar-refractivity contribution in [3.63, 3.8) is 0 Å². The highest BCUT2D eigenvalue weighted by molar-refractivity contribution is 5.93. The summed E-state index contributed by atoms with van der Waals surface area (Å²) >= 11 is 0. The largest absolute Gasteiger partial charge is 0.394 e. The molecule has 2 aliphatic rings. The van der Waals surface area contributed by atoms with Gasteiger partial charge in [0, 0.05) is 19.2 Å². The SMILES string of the molecule is CC(C=CC1=C(C)CCCC1(C)C)=CC=CC(C)=CC(=O)N[C@@H](CO)C(=O)NN1CCOCC1. The van der Waals surface area contributed by atoms with Crippen LogP contribution >= 0.6 is 0 Å². The maximum atomic E-state index is 12.3. The summed E-state index contributed by atoms with van der Waals surface area (Å²) in [5.41, 5.74) is 7.68. The smallest absolute Gasteiger partial charge is 0.259 e. The molecule has 0 aromatic rings. The van der Waals surface area contributed by atoms with Crippen molar-refractivity contribution >= 4 is 11.8 Å². The van der Waals surface area contributed by atoms with E-state index in [2.05, 4.69) is 50.6 Å². The van der Waals surface area contributed by atoms with Gasteiger partial charge >= 0.3 is 0 Å². The maximum Gasteiger partial charge on any atom is 0.259 e. The summed E-state index contributed by atoms with van der Waals surface area (Å²) in [6.07, 6.45) is 15.2. The van der Waals surface area contributed by atoms with Crippen LogP contribution < -0.4 is 10.7 Å².